The number of aliphatic hydroxyl groups excluding tert-OH is 1. The lowest BCUT2D eigenvalue weighted by atomic mass is 9.79. The molecule has 116 valence electrons. The Balaban J connectivity index is 2.01. The van der Waals surface area contributed by atoms with Crippen molar-refractivity contribution in [2.45, 2.75) is 57.8 Å². The first-order valence-corrected chi connectivity index (χ1v) is 7.65. The number of nitrogens with zero attached hydrogens (tertiary/aromatic N) is 1. The highest BCUT2D eigenvalue weighted by Gasteiger charge is 2.39. The van der Waals surface area contributed by atoms with Crippen LogP contribution in [0.15, 0.2) is 0 Å². The van der Waals surface area contributed by atoms with Crippen LogP contribution in [-0.2, 0) is 9.53 Å². The zero-order chi connectivity index (χ0) is 14.9. The zero-order valence-electron chi connectivity index (χ0n) is 12.8. The molecule has 1 aliphatic carbocycles. The van der Waals surface area contributed by atoms with Crippen molar-refractivity contribution in [1.29, 1.82) is 0 Å². The number of hydrogen-bond acceptors (Lipinski definition) is 4. The Morgan fingerprint density at radius 1 is 1.45 bits per heavy atom. The molecule has 2 fully saturated rings. The minimum atomic E-state index is -0.397. The number of hydrogen-bond donors (Lipinski definition) is 2. The number of aliphatic hydroxyl groups is 1. The maximum atomic E-state index is 12.7. The molecule has 0 bridgehead atoms. The Kier molecular flexibility index (Phi) is 4.72. The molecule has 0 spiro atoms. The molecule has 0 aromatic heterocycles. The molecular formula is C15H28N2O3. The van der Waals surface area contributed by atoms with Crippen molar-refractivity contribution in [1.82, 2.24) is 4.90 Å². The molecule has 0 radical (unpaired) electrons. The van der Waals surface area contributed by atoms with E-state index in [0.717, 1.165) is 19.3 Å². The van der Waals surface area contributed by atoms with Gasteiger partial charge in [-0.15, -0.1) is 0 Å². The van der Waals surface area contributed by atoms with E-state index in [2.05, 4.69) is 6.92 Å². The van der Waals surface area contributed by atoms with E-state index >= 15 is 0 Å². The summed E-state index contributed by atoms with van der Waals surface area (Å²) in [5.74, 6) is 0.724. The van der Waals surface area contributed by atoms with E-state index in [-0.39, 0.29) is 30.6 Å². The SMILES string of the molecule is CC1CCC(C(=O)N2CC(CO)OC(C)(C)C2)CC1N. The molecule has 1 amide bonds. The largest absolute Gasteiger partial charge is 0.394 e. The van der Waals surface area contributed by atoms with Crippen molar-refractivity contribution >= 4 is 5.91 Å². The predicted molar refractivity (Wildman–Crippen MR) is 77.1 cm³/mol. The highest BCUT2D eigenvalue weighted by atomic mass is 16.5. The first-order chi connectivity index (χ1) is 9.32. The summed E-state index contributed by atoms with van der Waals surface area (Å²) in [6.07, 6.45) is 2.45. The van der Waals surface area contributed by atoms with Crippen LogP contribution in [-0.4, -0.2) is 53.4 Å². The highest BCUT2D eigenvalue weighted by molar-refractivity contribution is 5.79. The molecule has 0 aromatic carbocycles. The Morgan fingerprint density at radius 3 is 2.75 bits per heavy atom. The lowest BCUT2D eigenvalue weighted by Gasteiger charge is -2.44. The molecule has 0 aromatic rings. The second-order valence-electron chi connectivity index (χ2n) is 7.05. The van der Waals surface area contributed by atoms with E-state index < -0.39 is 5.60 Å². The summed E-state index contributed by atoms with van der Waals surface area (Å²) < 4.78 is 5.76. The minimum Gasteiger partial charge on any atom is -0.394 e. The van der Waals surface area contributed by atoms with Crippen LogP contribution in [0, 0.1) is 11.8 Å². The molecule has 5 heteroatoms. The summed E-state index contributed by atoms with van der Waals surface area (Å²) in [4.78, 5) is 14.5. The van der Waals surface area contributed by atoms with Crippen molar-refractivity contribution < 1.29 is 14.6 Å². The Morgan fingerprint density at radius 2 is 2.15 bits per heavy atom. The maximum Gasteiger partial charge on any atom is 0.225 e. The smallest absolute Gasteiger partial charge is 0.225 e. The Hall–Kier alpha value is -0.650. The van der Waals surface area contributed by atoms with Crippen LogP contribution in [0.2, 0.25) is 0 Å². The molecule has 2 rings (SSSR count). The van der Waals surface area contributed by atoms with Gasteiger partial charge in [-0.2, -0.15) is 0 Å². The molecule has 3 N–H and O–H groups in total. The first-order valence-electron chi connectivity index (χ1n) is 7.65. The van der Waals surface area contributed by atoms with Gasteiger partial charge in [0.25, 0.3) is 0 Å². The Labute approximate surface area is 121 Å². The number of nitrogens with two attached hydrogens (primary N) is 1. The molecule has 1 heterocycles. The number of carbonyl (C=O) groups excluding carboxylic acids is 1. The molecule has 2 aliphatic rings. The van der Waals surface area contributed by atoms with Crippen molar-refractivity contribution in [3.05, 3.63) is 0 Å². The van der Waals surface area contributed by atoms with E-state index in [9.17, 15) is 9.90 Å². The summed E-state index contributed by atoms with van der Waals surface area (Å²) in [6.45, 7) is 7.11. The third-order valence-electron chi connectivity index (χ3n) is 4.60. The van der Waals surface area contributed by atoms with Crippen LogP contribution in [0.25, 0.3) is 0 Å². The third kappa shape index (κ3) is 3.51. The van der Waals surface area contributed by atoms with Crippen LogP contribution in [0.3, 0.4) is 0 Å². The van der Waals surface area contributed by atoms with Gasteiger partial charge >= 0.3 is 0 Å². The topological polar surface area (TPSA) is 75.8 Å². The van der Waals surface area contributed by atoms with Crippen molar-refractivity contribution in [2.75, 3.05) is 19.7 Å². The van der Waals surface area contributed by atoms with E-state index in [4.69, 9.17) is 10.5 Å². The lowest BCUT2D eigenvalue weighted by molar-refractivity contribution is -0.170. The summed E-state index contributed by atoms with van der Waals surface area (Å²) >= 11 is 0. The quantitative estimate of drug-likeness (QED) is 0.784. The second kappa shape index (κ2) is 6.00. The molecule has 1 saturated carbocycles. The van der Waals surface area contributed by atoms with Crippen molar-refractivity contribution in [3.8, 4) is 0 Å². The zero-order valence-corrected chi connectivity index (χ0v) is 12.8. The number of amides is 1. The normalized spacial score (nSPS) is 37.8. The number of carbonyl (C=O) groups is 1. The average molecular weight is 284 g/mol. The summed E-state index contributed by atoms with van der Waals surface area (Å²) in [6, 6.07) is 0.125. The van der Waals surface area contributed by atoms with Gasteiger partial charge in [0.05, 0.1) is 18.3 Å². The average Bonchev–Trinajstić information content (AvgIpc) is 2.39. The fourth-order valence-corrected chi connectivity index (χ4v) is 3.40. The number of ether oxygens (including phenoxy) is 1. The predicted octanol–water partition coefficient (Wildman–Crippen LogP) is 0.748. The van der Waals surface area contributed by atoms with Gasteiger partial charge in [0.1, 0.15) is 0 Å². The fraction of sp³-hybridized carbons (Fsp3) is 0.933. The fourth-order valence-electron chi connectivity index (χ4n) is 3.40. The van der Waals surface area contributed by atoms with Crippen molar-refractivity contribution in [2.24, 2.45) is 17.6 Å². The standard InChI is InChI=1S/C15H28N2O3/c1-10-4-5-11(6-13(10)16)14(19)17-7-12(8-18)20-15(2,3)9-17/h10-13,18H,4-9,16H2,1-3H3. The van der Waals surface area contributed by atoms with Crippen LogP contribution in [0.4, 0.5) is 0 Å². The van der Waals surface area contributed by atoms with Gasteiger partial charge in [-0.3, -0.25) is 4.79 Å². The second-order valence-corrected chi connectivity index (χ2v) is 7.05. The van der Waals surface area contributed by atoms with Crippen LogP contribution in [0.5, 0.6) is 0 Å². The maximum absolute atomic E-state index is 12.7. The van der Waals surface area contributed by atoms with Gasteiger partial charge in [0, 0.05) is 25.0 Å². The summed E-state index contributed by atoms with van der Waals surface area (Å²) in [5.41, 5.74) is 5.71. The van der Waals surface area contributed by atoms with Gasteiger partial charge < -0.3 is 20.5 Å². The molecule has 5 nitrogen and oxygen atoms in total. The van der Waals surface area contributed by atoms with Gasteiger partial charge in [-0.1, -0.05) is 6.92 Å². The number of rotatable bonds is 2. The molecular weight excluding hydrogens is 256 g/mol. The summed E-state index contributed by atoms with van der Waals surface area (Å²) in [7, 11) is 0. The molecule has 1 aliphatic heterocycles. The minimum absolute atomic E-state index is 0.0365. The monoisotopic (exact) mass is 284 g/mol. The van der Waals surface area contributed by atoms with Crippen LogP contribution < -0.4 is 5.73 Å². The van der Waals surface area contributed by atoms with Gasteiger partial charge in [0.2, 0.25) is 5.91 Å². The molecule has 4 unspecified atom stereocenters. The van der Waals surface area contributed by atoms with Gasteiger partial charge in [-0.25, -0.2) is 0 Å². The first kappa shape index (κ1) is 15.7. The Bertz CT molecular complexity index is 359. The molecule has 20 heavy (non-hydrogen) atoms. The van der Waals surface area contributed by atoms with Crippen LogP contribution in [0.1, 0.15) is 40.0 Å². The lowest BCUT2D eigenvalue weighted by Crippen LogP contribution is -2.57. The van der Waals surface area contributed by atoms with E-state index in [1.165, 1.54) is 0 Å². The van der Waals surface area contributed by atoms with Crippen LogP contribution >= 0.6 is 0 Å². The molecule has 4 atom stereocenters. The van der Waals surface area contributed by atoms with E-state index in [0.29, 0.717) is 19.0 Å². The van der Waals surface area contributed by atoms with Crippen molar-refractivity contribution in [3.63, 3.8) is 0 Å². The van der Waals surface area contributed by atoms with Gasteiger partial charge in [0.15, 0.2) is 0 Å². The van der Waals surface area contributed by atoms with E-state index in [1.807, 2.05) is 18.7 Å². The highest BCUT2D eigenvalue weighted by Crippen LogP contribution is 2.31. The van der Waals surface area contributed by atoms with E-state index in [1.54, 1.807) is 0 Å². The third-order valence-corrected chi connectivity index (χ3v) is 4.60. The molecule has 1 saturated heterocycles. The summed E-state index contributed by atoms with van der Waals surface area (Å²) in [5, 5.41) is 9.33. The number of morpholine rings is 1. The van der Waals surface area contributed by atoms with Gasteiger partial charge in [-0.05, 0) is 39.0 Å².